The first-order valence-electron chi connectivity index (χ1n) is 13.5. The average molecular weight is 586 g/mol. The van der Waals surface area contributed by atoms with Gasteiger partial charge in [-0.05, 0) is 73.8 Å². The second-order valence-corrected chi connectivity index (χ2v) is 11.1. The Hall–Kier alpha value is -3.96. The first-order valence-corrected chi connectivity index (χ1v) is 14.3. The minimum Gasteiger partial charge on any atom is -0.354 e. The van der Waals surface area contributed by atoms with E-state index in [0.717, 1.165) is 42.8 Å². The maximum atomic E-state index is 13.8. The van der Waals surface area contributed by atoms with Crippen LogP contribution in [0.2, 0.25) is 10.0 Å². The molecule has 0 radical (unpaired) electrons. The number of aromatic nitrogens is 3. The molecular formula is C32H27Cl2FN6. The van der Waals surface area contributed by atoms with Gasteiger partial charge in [-0.3, -0.25) is 4.98 Å². The second-order valence-electron chi connectivity index (χ2n) is 10.3. The van der Waals surface area contributed by atoms with Crippen LogP contribution in [0.15, 0.2) is 79.4 Å². The van der Waals surface area contributed by atoms with Gasteiger partial charge in [0, 0.05) is 35.4 Å². The Morgan fingerprint density at radius 3 is 2.61 bits per heavy atom. The van der Waals surface area contributed by atoms with Gasteiger partial charge < -0.3 is 15.2 Å². The summed E-state index contributed by atoms with van der Waals surface area (Å²) in [6, 6.07) is 21.3. The van der Waals surface area contributed by atoms with E-state index >= 15 is 0 Å². The van der Waals surface area contributed by atoms with Crippen molar-refractivity contribution in [1.29, 1.82) is 5.26 Å². The average Bonchev–Trinajstić information content (AvgIpc) is 3.49. The third-order valence-corrected chi connectivity index (χ3v) is 8.22. The lowest BCUT2D eigenvalue weighted by molar-refractivity contribution is 0.367. The molecule has 6 nitrogen and oxygen atoms in total. The number of imidazole rings is 1. The third kappa shape index (κ3) is 5.77. The fourth-order valence-corrected chi connectivity index (χ4v) is 5.99. The van der Waals surface area contributed by atoms with Crippen LogP contribution in [0, 0.1) is 17.1 Å². The number of rotatable bonds is 7. The molecular weight excluding hydrogens is 558 g/mol. The summed E-state index contributed by atoms with van der Waals surface area (Å²) in [6.45, 7) is 2.02. The molecule has 0 saturated carbocycles. The van der Waals surface area contributed by atoms with E-state index < -0.39 is 5.82 Å². The van der Waals surface area contributed by atoms with E-state index in [1.165, 1.54) is 18.3 Å². The lowest BCUT2D eigenvalue weighted by atomic mass is 9.89. The molecule has 3 heterocycles. The van der Waals surface area contributed by atoms with Crippen LogP contribution in [0.25, 0.3) is 10.9 Å². The number of fused-ring (bicyclic) bond motifs is 1. The number of halogens is 3. The molecule has 0 bridgehead atoms. The van der Waals surface area contributed by atoms with E-state index in [4.69, 9.17) is 28.2 Å². The predicted molar refractivity (Wildman–Crippen MR) is 162 cm³/mol. The quantitative estimate of drug-likeness (QED) is 0.204. The molecule has 1 unspecified atom stereocenters. The molecule has 1 atom stereocenters. The summed E-state index contributed by atoms with van der Waals surface area (Å²) in [5.41, 5.74) is 5.12. The molecule has 1 fully saturated rings. The zero-order chi connectivity index (χ0) is 28.3. The van der Waals surface area contributed by atoms with Crippen LogP contribution < -0.4 is 10.6 Å². The molecule has 6 rings (SSSR count). The van der Waals surface area contributed by atoms with Crippen molar-refractivity contribution in [2.45, 2.75) is 31.2 Å². The number of nitrogens with zero attached hydrogens (tertiary/aromatic N) is 4. The molecule has 0 amide bonds. The number of benzene rings is 3. The normalized spacial score (nSPS) is 14.6. The zero-order valence-electron chi connectivity index (χ0n) is 22.1. The maximum absolute atomic E-state index is 13.8. The number of nitriles is 1. The Balaban J connectivity index is 1.41. The summed E-state index contributed by atoms with van der Waals surface area (Å²) in [7, 11) is 0. The minimum atomic E-state index is -0.516. The summed E-state index contributed by atoms with van der Waals surface area (Å²) in [5.74, 6) is -0.524. The van der Waals surface area contributed by atoms with Gasteiger partial charge in [0.05, 0.1) is 38.8 Å². The van der Waals surface area contributed by atoms with Crippen molar-refractivity contribution in [3.05, 3.63) is 118 Å². The van der Waals surface area contributed by atoms with Gasteiger partial charge in [0.25, 0.3) is 0 Å². The van der Waals surface area contributed by atoms with Crippen LogP contribution in [-0.4, -0.2) is 27.6 Å². The molecule has 3 aromatic carbocycles. The lowest BCUT2D eigenvalue weighted by Gasteiger charge is -2.23. The summed E-state index contributed by atoms with van der Waals surface area (Å²) in [4.78, 5) is 9.34. The van der Waals surface area contributed by atoms with Crippen molar-refractivity contribution < 1.29 is 4.39 Å². The highest BCUT2D eigenvalue weighted by molar-refractivity contribution is 6.35. The molecule has 0 spiro atoms. The monoisotopic (exact) mass is 584 g/mol. The fraction of sp³-hybridized carbons (Fsp3) is 0.219. The molecule has 2 aromatic heterocycles. The van der Waals surface area contributed by atoms with Gasteiger partial charge in [-0.2, -0.15) is 5.26 Å². The smallest absolute Gasteiger partial charge is 0.141 e. The summed E-state index contributed by atoms with van der Waals surface area (Å²) >= 11 is 12.8. The highest BCUT2D eigenvalue weighted by Crippen LogP contribution is 2.36. The third-order valence-electron chi connectivity index (χ3n) is 7.64. The summed E-state index contributed by atoms with van der Waals surface area (Å²) < 4.78 is 16.0. The topological polar surface area (TPSA) is 78.6 Å². The van der Waals surface area contributed by atoms with Crippen LogP contribution in [-0.2, 0) is 6.42 Å². The molecule has 206 valence electrons. The predicted octanol–water partition coefficient (Wildman–Crippen LogP) is 7.79. The number of hydrogen-bond acceptors (Lipinski definition) is 5. The molecule has 5 aromatic rings. The first kappa shape index (κ1) is 27.2. The minimum absolute atomic E-state index is 0.00731. The SMILES string of the molecule is N#Cc1cnc2c(Cl)cc(CC(c3ccccc3)c3cn(C4CCNCC4)cn3)cc2c1Nc1ccc(F)c(Cl)c1. The van der Waals surface area contributed by atoms with Crippen molar-refractivity contribution in [2.75, 3.05) is 18.4 Å². The fourth-order valence-electron chi connectivity index (χ4n) is 5.52. The van der Waals surface area contributed by atoms with Gasteiger partial charge in [-0.15, -0.1) is 0 Å². The van der Waals surface area contributed by atoms with Crippen LogP contribution in [0.3, 0.4) is 0 Å². The van der Waals surface area contributed by atoms with Gasteiger partial charge in [-0.25, -0.2) is 9.37 Å². The Morgan fingerprint density at radius 1 is 1.05 bits per heavy atom. The van der Waals surface area contributed by atoms with Crippen molar-refractivity contribution in [3.8, 4) is 6.07 Å². The number of piperidine rings is 1. The summed E-state index contributed by atoms with van der Waals surface area (Å²) in [6.07, 6.45) is 8.41. The molecule has 41 heavy (non-hydrogen) atoms. The second kappa shape index (κ2) is 11.9. The van der Waals surface area contributed by atoms with Gasteiger partial charge in [0.2, 0.25) is 0 Å². The highest BCUT2D eigenvalue weighted by atomic mass is 35.5. The Labute approximate surface area is 247 Å². The van der Waals surface area contributed by atoms with Crippen LogP contribution in [0.1, 0.15) is 47.2 Å². The van der Waals surface area contributed by atoms with Crippen molar-refractivity contribution in [1.82, 2.24) is 19.9 Å². The van der Waals surface area contributed by atoms with Gasteiger partial charge in [-0.1, -0.05) is 53.5 Å². The van der Waals surface area contributed by atoms with E-state index in [1.807, 2.05) is 36.7 Å². The number of anilines is 2. The molecule has 9 heteroatoms. The zero-order valence-corrected chi connectivity index (χ0v) is 23.6. The van der Waals surface area contributed by atoms with E-state index in [-0.39, 0.29) is 10.9 Å². The number of pyridine rings is 1. The van der Waals surface area contributed by atoms with Crippen molar-refractivity contribution >= 4 is 45.5 Å². The van der Waals surface area contributed by atoms with E-state index in [9.17, 15) is 9.65 Å². The Kier molecular flexibility index (Phi) is 7.89. The van der Waals surface area contributed by atoms with Gasteiger partial charge in [0.1, 0.15) is 11.9 Å². The highest BCUT2D eigenvalue weighted by Gasteiger charge is 2.22. The van der Waals surface area contributed by atoms with Crippen LogP contribution >= 0.6 is 23.2 Å². The molecule has 1 saturated heterocycles. The van der Waals surface area contributed by atoms with Gasteiger partial charge >= 0.3 is 0 Å². The van der Waals surface area contributed by atoms with E-state index in [2.05, 4.69) is 44.6 Å². The van der Waals surface area contributed by atoms with Crippen LogP contribution in [0.5, 0.6) is 0 Å². The first-order chi connectivity index (χ1) is 20.0. The van der Waals surface area contributed by atoms with E-state index in [1.54, 1.807) is 6.07 Å². The molecule has 2 N–H and O–H groups in total. The van der Waals surface area contributed by atoms with E-state index in [0.29, 0.717) is 45.3 Å². The standard InChI is InChI=1S/C32H27Cl2FN6/c33-27-15-23(6-7-29(27)35)40-31-22(16-36)17-38-32-26(31)13-20(14-28(32)34)12-25(21-4-2-1-3-5-21)30-18-41(19-39-30)24-8-10-37-11-9-24/h1-7,13-15,17-19,24-25,37H,8-12H2,(H,38,40). The largest absolute Gasteiger partial charge is 0.354 e. The van der Waals surface area contributed by atoms with Crippen LogP contribution in [0.4, 0.5) is 15.8 Å². The maximum Gasteiger partial charge on any atom is 0.141 e. The van der Waals surface area contributed by atoms with Crippen molar-refractivity contribution in [3.63, 3.8) is 0 Å². The summed E-state index contributed by atoms with van der Waals surface area (Å²) in [5, 5.41) is 17.7. The van der Waals surface area contributed by atoms with Crippen molar-refractivity contribution in [2.24, 2.45) is 0 Å². The lowest BCUT2D eigenvalue weighted by Crippen LogP contribution is -2.28. The molecule has 1 aliphatic rings. The molecule has 1 aliphatic heterocycles. The molecule has 0 aliphatic carbocycles. The van der Waals surface area contributed by atoms with Gasteiger partial charge in [0.15, 0.2) is 0 Å². The Morgan fingerprint density at radius 2 is 1.85 bits per heavy atom. The number of hydrogen-bond donors (Lipinski definition) is 2. The Bertz CT molecular complexity index is 1740. The number of nitrogens with one attached hydrogen (secondary N) is 2.